The maximum atomic E-state index is 8.33. The first-order valence-corrected chi connectivity index (χ1v) is 1.84. The average molecular weight is 329 g/mol. The molecule has 0 bridgehead atoms. The van der Waals surface area contributed by atoms with Crippen LogP contribution in [0, 0.1) is 7.43 Å². The van der Waals surface area contributed by atoms with E-state index in [2.05, 4.69) is 0 Å². The van der Waals surface area contributed by atoms with Gasteiger partial charge in [0.2, 0.25) is 0 Å². The first-order chi connectivity index (χ1) is 5.20. The van der Waals surface area contributed by atoms with Gasteiger partial charge in [-0.3, -0.25) is 0 Å². The van der Waals surface area contributed by atoms with Gasteiger partial charge in [-0.1, -0.05) is 0 Å². The molecular weight excluding hydrogens is 329 g/mol. The SMILES string of the molecule is O=C([O-])[O-].O=C([O-])[O-].O=C([O-])[O-].[Ba+2].[C+4]. The number of rotatable bonds is 0. The molecular formula is C4BaO9. The molecule has 14 heavy (non-hydrogen) atoms. The minimum absolute atomic E-state index is 0. The van der Waals surface area contributed by atoms with Gasteiger partial charge in [-0.05, 0) is 18.5 Å². The Kier molecular flexibility index (Phi) is 47.6. The van der Waals surface area contributed by atoms with Crippen molar-refractivity contribution in [3.05, 3.63) is 7.43 Å². The molecule has 0 aromatic carbocycles. The van der Waals surface area contributed by atoms with E-state index in [9.17, 15) is 0 Å². The van der Waals surface area contributed by atoms with Gasteiger partial charge < -0.3 is 45.0 Å². The molecule has 0 unspecified atom stereocenters. The van der Waals surface area contributed by atoms with Gasteiger partial charge >= 0.3 is 56.3 Å². The van der Waals surface area contributed by atoms with E-state index in [0.29, 0.717) is 0 Å². The minimum atomic E-state index is -2.33. The quantitative estimate of drug-likeness (QED) is 0.388. The van der Waals surface area contributed by atoms with Crippen LogP contribution in [0.3, 0.4) is 0 Å². The third kappa shape index (κ3) is 3210. The third-order valence-corrected chi connectivity index (χ3v) is 0. The molecule has 0 N–H and O–H groups in total. The molecule has 10 heteroatoms. The molecule has 0 spiro atoms. The molecule has 0 saturated carbocycles. The van der Waals surface area contributed by atoms with Crippen molar-refractivity contribution in [1.29, 1.82) is 0 Å². The fraction of sp³-hybridized carbons (Fsp3) is 0. The van der Waals surface area contributed by atoms with Gasteiger partial charge in [0.25, 0.3) is 0 Å². The number of carbonyl (C=O) groups is 3. The van der Waals surface area contributed by atoms with Gasteiger partial charge in [-0.15, -0.1) is 0 Å². The van der Waals surface area contributed by atoms with Gasteiger partial charge in [-0.2, -0.15) is 0 Å². The zero-order chi connectivity index (χ0) is 10.7. The van der Waals surface area contributed by atoms with Gasteiger partial charge in [0.05, 0.1) is 0 Å². The molecule has 0 radical (unpaired) electrons. The largest absolute Gasteiger partial charge is 4.00 e. The Balaban J connectivity index is -0.0000000270. The summed E-state index contributed by atoms with van der Waals surface area (Å²) in [5.74, 6) is 0. The molecule has 0 aliphatic heterocycles. The van der Waals surface area contributed by atoms with Crippen LogP contribution in [0.15, 0.2) is 0 Å². The van der Waals surface area contributed by atoms with E-state index < -0.39 is 18.5 Å². The Morgan fingerprint density at radius 2 is 0.571 bits per heavy atom. The van der Waals surface area contributed by atoms with Crippen molar-refractivity contribution >= 4 is 67.3 Å². The number of carbonyl (C=O) groups excluding carboxylic acids is 3. The molecule has 72 valence electrons. The molecule has 0 heterocycles. The smallest absolute Gasteiger partial charge is 0.652 e. The Morgan fingerprint density at radius 3 is 0.571 bits per heavy atom. The van der Waals surface area contributed by atoms with E-state index in [4.69, 9.17) is 45.0 Å². The molecule has 0 fully saturated rings. The Bertz CT molecular complexity index is 114. The fourth-order valence-electron chi connectivity index (χ4n) is 0. The van der Waals surface area contributed by atoms with Crippen LogP contribution in [-0.4, -0.2) is 67.3 Å². The number of hydrogen-bond donors (Lipinski definition) is 0. The van der Waals surface area contributed by atoms with Gasteiger partial charge in [-0.25, -0.2) is 0 Å². The maximum Gasteiger partial charge on any atom is 4.00 e. The number of hydrogen-bond acceptors (Lipinski definition) is 9. The van der Waals surface area contributed by atoms with Crippen LogP contribution in [-0.2, 0) is 0 Å². The molecule has 0 rings (SSSR count). The summed E-state index contributed by atoms with van der Waals surface area (Å²) in [7, 11) is 0. The maximum absolute atomic E-state index is 8.33. The summed E-state index contributed by atoms with van der Waals surface area (Å²) in [5.41, 5.74) is 0. The molecule has 0 amide bonds. The van der Waals surface area contributed by atoms with E-state index >= 15 is 0 Å². The molecule has 0 atom stereocenters. The van der Waals surface area contributed by atoms with Gasteiger partial charge in [0.1, 0.15) is 0 Å². The molecule has 0 saturated heterocycles. The fourth-order valence-corrected chi connectivity index (χ4v) is 0. The Labute approximate surface area is 119 Å². The minimum Gasteiger partial charge on any atom is -0.652 e. The van der Waals surface area contributed by atoms with Crippen LogP contribution in [0.1, 0.15) is 0 Å². The van der Waals surface area contributed by atoms with Crippen LogP contribution < -0.4 is 30.6 Å². The van der Waals surface area contributed by atoms with Crippen molar-refractivity contribution in [2.75, 3.05) is 0 Å². The predicted octanol–water partition coefficient (Wildman–Crippen LogP) is -7.64. The number of carboxylic acid groups (broad SMARTS) is 6. The van der Waals surface area contributed by atoms with E-state index in [1.54, 1.807) is 0 Å². The monoisotopic (exact) mass is 330 g/mol. The third-order valence-electron chi connectivity index (χ3n) is 0. The van der Waals surface area contributed by atoms with Crippen molar-refractivity contribution < 1.29 is 45.0 Å². The van der Waals surface area contributed by atoms with Crippen molar-refractivity contribution in [3.8, 4) is 0 Å². The van der Waals surface area contributed by atoms with Crippen LogP contribution in [0.25, 0.3) is 0 Å². The summed E-state index contributed by atoms with van der Waals surface area (Å²) in [6.45, 7) is 0. The van der Waals surface area contributed by atoms with Gasteiger partial charge in [0, 0.05) is 0 Å². The van der Waals surface area contributed by atoms with Crippen LogP contribution in [0.2, 0.25) is 0 Å². The molecule has 0 aliphatic rings. The standard InChI is InChI=1S/3CH2O3.C.Ba/c3*2-1(3)4;;/h3*(H2,2,3,4);;/q;;;+4;+2/p-6. The summed E-state index contributed by atoms with van der Waals surface area (Å²) in [6.07, 6.45) is -7.00. The molecule has 0 aliphatic carbocycles. The summed E-state index contributed by atoms with van der Waals surface area (Å²) in [4.78, 5) is 25.0. The van der Waals surface area contributed by atoms with Crippen LogP contribution in [0.4, 0.5) is 14.4 Å². The van der Waals surface area contributed by atoms with Crippen LogP contribution >= 0.6 is 0 Å². The van der Waals surface area contributed by atoms with Crippen LogP contribution in [0.5, 0.6) is 0 Å². The zero-order valence-corrected chi connectivity index (χ0v) is 10.8. The van der Waals surface area contributed by atoms with E-state index in [1.165, 1.54) is 0 Å². The summed E-state index contributed by atoms with van der Waals surface area (Å²) >= 11 is 0. The second kappa shape index (κ2) is 22.8. The molecule has 0 aromatic rings. The van der Waals surface area contributed by atoms with Crippen molar-refractivity contribution in [3.63, 3.8) is 0 Å². The average Bonchev–Trinajstić information content (AvgIpc) is 1.54. The second-order valence-corrected chi connectivity index (χ2v) is 0.750. The zero-order valence-electron chi connectivity index (χ0n) is 6.38. The Hall–Kier alpha value is -0.619. The summed E-state index contributed by atoms with van der Waals surface area (Å²) < 4.78 is 0. The van der Waals surface area contributed by atoms with Crippen molar-refractivity contribution in [2.24, 2.45) is 0 Å². The van der Waals surface area contributed by atoms with E-state index in [-0.39, 0.29) is 56.3 Å². The van der Waals surface area contributed by atoms with Gasteiger partial charge in [0.15, 0.2) is 0 Å². The first kappa shape index (κ1) is 29.2. The summed E-state index contributed by atoms with van der Waals surface area (Å²) in [5, 5.41) is 50.0. The normalized spacial score (nSPS) is 5.14. The summed E-state index contributed by atoms with van der Waals surface area (Å²) in [6, 6.07) is 0. The Morgan fingerprint density at radius 1 is 0.571 bits per heavy atom. The van der Waals surface area contributed by atoms with Crippen molar-refractivity contribution in [2.45, 2.75) is 0 Å². The molecule has 9 nitrogen and oxygen atoms in total. The predicted molar refractivity (Wildman–Crippen MR) is 25.2 cm³/mol. The topological polar surface area (TPSA) is 190 Å². The second-order valence-electron chi connectivity index (χ2n) is 0.750. The first-order valence-electron chi connectivity index (χ1n) is 1.84. The van der Waals surface area contributed by atoms with E-state index in [0.717, 1.165) is 0 Å². The molecule has 0 aromatic heterocycles. The van der Waals surface area contributed by atoms with E-state index in [1.807, 2.05) is 0 Å². The van der Waals surface area contributed by atoms with Crippen molar-refractivity contribution in [1.82, 2.24) is 0 Å².